The molecule has 2 aromatic rings. The van der Waals surface area contributed by atoms with Gasteiger partial charge in [-0.3, -0.25) is 5.32 Å². The first-order chi connectivity index (χ1) is 13.7. The molecule has 0 bridgehead atoms. The maximum Gasteiger partial charge on any atom is 0.335 e. The molecule has 0 spiro atoms. The van der Waals surface area contributed by atoms with E-state index in [-0.39, 0.29) is 29.7 Å². The van der Waals surface area contributed by atoms with Crippen molar-refractivity contribution in [1.29, 1.82) is 0 Å². The molecule has 1 aromatic carbocycles. The van der Waals surface area contributed by atoms with Gasteiger partial charge < -0.3 is 14.6 Å². The Morgan fingerprint density at radius 2 is 1.79 bits per heavy atom. The first-order valence-electron chi connectivity index (χ1n) is 8.43. The molecule has 158 valence electrons. The van der Waals surface area contributed by atoms with Crippen LogP contribution in [-0.2, 0) is 10.0 Å². The Hall–Kier alpha value is -2.99. The number of aliphatic hydroxyl groups is 1. The minimum atomic E-state index is -4.44. The van der Waals surface area contributed by atoms with Gasteiger partial charge in [-0.2, -0.15) is 9.97 Å². The second-order valence-electron chi connectivity index (χ2n) is 5.74. The largest absolute Gasteiger partial charge is 0.481 e. The Kier molecular flexibility index (Phi) is 7.29. The third-order valence-corrected chi connectivity index (χ3v) is 5.21. The summed E-state index contributed by atoms with van der Waals surface area (Å²) in [5.41, 5.74) is -0.165. The van der Waals surface area contributed by atoms with Gasteiger partial charge >= 0.3 is 6.03 Å². The number of anilines is 1. The summed E-state index contributed by atoms with van der Waals surface area (Å²) >= 11 is 0. The molecule has 0 saturated heterocycles. The van der Waals surface area contributed by atoms with Crippen LogP contribution in [0.1, 0.15) is 25.0 Å². The molecule has 0 fully saturated rings. The SMILES string of the molecule is CC[C@@H](F)[C@@H](O)c1ccccc1S(=O)(=O)NC(=O)Nc1nc(OC)cc(OC)n1. The summed E-state index contributed by atoms with van der Waals surface area (Å²) in [5, 5.41) is 12.3. The normalized spacial score (nSPS) is 13.3. The number of amides is 2. The minimum absolute atomic E-state index is 0.0154. The van der Waals surface area contributed by atoms with Gasteiger partial charge in [-0.1, -0.05) is 25.1 Å². The van der Waals surface area contributed by atoms with E-state index < -0.39 is 33.2 Å². The summed E-state index contributed by atoms with van der Waals surface area (Å²) in [6.45, 7) is 1.51. The number of sulfonamides is 1. The number of methoxy groups -OCH3 is 2. The number of alkyl halides is 1. The summed E-state index contributed by atoms with van der Waals surface area (Å²) in [7, 11) is -1.76. The third kappa shape index (κ3) is 5.51. The third-order valence-electron chi connectivity index (χ3n) is 3.81. The highest BCUT2D eigenvalue weighted by molar-refractivity contribution is 7.90. The van der Waals surface area contributed by atoms with Crippen LogP contribution in [0, 0.1) is 0 Å². The lowest BCUT2D eigenvalue weighted by molar-refractivity contribution is 0.0732. The molecular formula is C17H21FN4O6S. The lowest BCUT2D eigenvalue weighted by atomic mass is 10.0. The Morgan fingerprint density at radius 3 is 2.34 bits per heavy atom. The second-order valence-corrected chi connectivity index (χ2v) is 7.39. The monoisotopic (exact) mass is 428 g/mol. The Bertz CT molecular complexity index is 950. The van der Waals surface area contributed by atoms with Crippen LogP contribution in [0.3, 0.4) is 0 Å². The number of benzene rings is 1. The molecule has 1 aromatic heterocycles. The molecule has 12 heteroatoms. The minimum Gasteiger partial charge on any atom is -0.481 e. The van der Waals surface area contributed by atoms with Crippen LogP contribution in [0.4, 0.5) is 15.1 Å². The van der Waals surface area contributed by atoms with Crippen molar-refractivity contribution in [2.45, 2.75) is 30.5 Å². The fourth-order valence-corrected chi connectivity index (χ4v) is 3.52. The molecule has 10 nitrogen and oxygen atoms in total. The van der Waals surface area contributed by atoms with Gasteiger partial charge in [-0.25, -0.2) is 22.3 Å². The summed E-state index contributed by atoms with van der Waals surface area (Å²) in [4.78, 5) is 19.5. The zero-order valence-corrected chi connectivity index (χ0v) is 16.7. The Balaban J connectivity index is 2.25. The maximum atomic E-state index is 13.9. The van der Waals surface area contributed by atoms with E-state index >= 15 is 0 Å². The van der Waals surface area contributed by atoms with Gasteiger partial charge in [0.2, 0.25) is 17.7 Å². The highest BCUT2D eigenvalue weighted by Gasteiger charge is 2.28. The van der Waals surface area contributed by atoms with Crippen LogP contribution in [0.15, 0.2) is 35.2 Å². The number of aliphatic hydroxyl groups excluding tert-OH is 1. The van der Waals surface area contributed by atoms with E-state index in [1.165, 1.54) is 45.4 Å². The van der Waals surface area contributed by atoms with E-state index in [9.17, 15) is 22.7 Å². The number of halogens is 1. The number of carbonyl (C=O) groups is 1. The van der Waals surface area contributed by atoms with Crippen molar-refractivity contribution in [3.63, 3.8) is 0 Å². The van der Waals surface area contributed by atoms with Gasteiger partial charge in [0.25, 0.3) is 10.0 Å². The number of rotatable bonds is 8. The summed E-state index contributed by atoms with van der Waals surface area (Å²) < 4.78 is 50.8. The van der Waals surface area contributed by atoms with Crippen molar-refractivity contribution in [3.05, 3.63) is 35.9 Å². The Labute approximate surface area is 167 Å². The second kappa shape index (κ2) is 9.47. The summed E-state index contributed by atoms with van der Waals surface area (Å²) in [6.07, 6.45) is -3.35. The number of hydrogen-bond acceptors (Lipinski definition) is 8. The molecule has 2 amide bonds. The standard InChI is InChI=1S/C17H21FN4O6S/c1-4-11(18)15(23)10-7-5-6-8-12(10)29(25,26)22-17(24)21-16-19-13(27-2)9-14(20-16)28-3/h5-9,11,15,23H,4H2,1-3H3,(H2,19,20,21,22,24)/t11-,15+/m1/s1. The van der Waals surface area contributed by atoms with Crippen LogP contribution in [0.25, 0.3) is 0 Å². The molecule has 0 saturated carbocycles. The summed E-state index contributed by atoms with van der Waals surface area (Å²) in [5.74, 6) is -0.105. The zero-order chi connectivity index (χ0) is 21.6. The van der Waals surface area contributed by atoms with Crippen LogP contribution in [0.2, 0.25) is 0 Å². The van der Waals surface area contributed by atoms with Crippen LogP contribution in [0.5, 0.6) is 11.8 Å². The van der Waals surface area contributed by atoms with Crippen LogP contribution < -0.4 is 19.5 Å². The lowest BCUT2D eigenvalue weighted by Crippen LogP contribution is -2.35. The molecule has 2 atom stereocenters. The number of nitrogens with one attached hydrogen (secondary N) is 2. The van der Waals surface area contributed by atoms with E-state index in [0.717, 1.165) is 6.07 Å². The quantitative estimate of drug-likeness (QED) is 0.578. The number of carbonyl (C=O) groups excluding carboxylic acids is 1. The molecule has 0 radical (unpaired) electrons. The van der Waals surface area contributed by atoms with Gasteiger partial charge in [-0.15, -0.1) is 0 Å². The predicted molar refractivity (Wildman–Crippen MR) is 101 cm³/mol. The predicted octanol–water partition coefficient (Wildman–Crippen LogP) is 1.79. The number of aromatic nitrogens is 2. The fourth-order valence-electron chi connectivity index (χ4n) is 2.36. The molecule has 1 heterocycles. The van der Waals surface area contributed by atoms with E-state index in [2.05, 4.69) is 15.3 Å². The van der Waals surface area contributed by atoms with Gasteiger partial charge in [0.05, 0.1) is 25.2 Å². The van der Waals surface area contributed by atoms with Crippen molar-refractivity contribution in [2.75, 3.05) is 19.5 Å². The molecular weight excluding hydrogens is 407 g/mol. The smallest absolute Gasteiger partial charge is 0.335 e. The van der Waals surface area contributed by atoms with Gasteiger partial charge in [0.15, 0.2) is 0 Å². The molecule has 2 rings (SSSR count). The molecule has 0 unspecified atom stereocenters. The average Bonchev–Trinajstić information content (AvgIpc) is 2.71. The molecule has 29 heavy (non-hydrogen) atoms. The topological polar surface area (TPSA) is 140 Å². The van der Waals surface area contributed by atoms with Gasteiger partial charge in [0.1, 0.15) is 12.3 Å². The van der Waals surface area contributed by atoms with Crippen molar-refractivity contribution in [3.8, 4) is 11.8 Å². The first-order valence-corrected chi connectivity index (χ1v) is 9.92. The van der Waals surface area contributed by atoms with Crippen LogP contribution >= 0.6 is 0 Å². The highest BCUT2D eigenvalue weighted by atomic mass is 32.2. The van der Waals surface area contributed by atoms with E-state index in [4.69, 9.17) is 9.47 Å². The average molecular weight is 428 g/mol. The van der Waals surface area contributed by atoms with E-state index in [0.29, 0.717) is 0 Å². The van der Waals surface area contributed by atoms with E-state index in [1.54, 1.807) is 4.72 Å². The first kappa shape index (κ1) is 22.3. The van der Waals surface area contributed by atoms with Crippen molar-refractivity contribution < 1.29 is 32.2 Å². The number of urea groups is 1. The molecule has 0 aliphatic rings. The number of hydrogen-bond donors (Lipinski definition) is 3. The van der Waals surface area contributed by atoms with E-state index in [1.807, 2.05) is 0 Å². The van der Waals surface area contributed by atoms with Crippen molar-refractivity contribution in [2.24, 2.45) is 0 Å². The fraction of sp³-hybridized carbons (Fsp3) is 0.353. The lowest BCUT2D eigenvalue weighted by Gasteiger charge is -2.18. The Morgan fingerprint density at radius 1 is 1.21 bits per heavy atom. The number of ether oxygens (including phenoxy) is 2. The number of nitrogens with zero attached hydrogens (tertiary/aromatic N) is 2. The molecule has 0 aliphatic heterocycles. The van der Waals surface area contributed by atoms with Gasteiger partial charge in [0, 0.05) is 5.56 Å². The van der Waals surface area contributed by atoms with Crippen molar-refractivity contribution in [1.82, 2.24) is 14.7 Å². The van der Waals surface area contributed by atoms with Crippen LogP contribution in [-0.4, -0.2) is 49.9 Å². The zero-order valence-electron chi connectivity index (χ0n) is 15.9. The molecule has 0 aliphatic carbocycles. The highest BCUT2D eigenvalue weighted by Crippen LogP contribution is 2.27. The molecule has 3 N–H and O–H groups in total. The summed E-state index contributed by atoms with van der Waals surface area (Å²) in [6, 6.07) is 5.46. The van der Waals surface area contributed by atoms with Crippen molar-refractivity contribution >= 4 is 22.0 Å². The maximum absolute atomic E-state index is 13.9. The van der Waals surface area contributed by atoms with Gasteiger partial charge in [-0.05, 0) is 12.5 Å².